The Hall–Kier alpha value is -2.80. The zero-order valence-electron chi connectivity index (χ0n) is 14.6. The number of hydrogen-bond donors (Lipinski definition) is 2. The van der Waals surface area contributed by atoms with Crippen LogP contribution in [0.25, 0.3) is 0 Å². The predicted octanol–water partition coefficient (Wildman–Crippen LogP) is 2.26. The van der Waals surface area contributed by atoms with E-state index >= 15 is 0 Å². The van der Waals surface area contributed by atoms with Gasteiger partial charge in [-0.3, -0.25) is 9.59 Å². The van der Waals surface area contributed by atoms with Gasteiger partial charge in [0, 0.05) is 37.4 Å². The Bertz CT molecular complexity index is 724. The molecule has 0 spiro atoms. The highest BCUT2D eigenvalue weighted by atomic mass is 16.5. The Morgan fingerprint density at radius 2 is 1.96 bits per heavy atom. The molecular formula is C19H23N3O4. The standard InChI is InChI=1S/C19H23N3O4/c23-18(7-2-8-20-19(24)17-6-3-11-26-17)21-15-4-1-5-16(14-15)22-9-12-25-13-10-22/h1,3-6,11,14H,2,7-10,12-13H2,(H,20,24)(H,21,23). The number of morpholine rings is 1. The zero-order chi connectivity index (χ0) is 18.2. The van der Waals surface area contributed by atoms with E-state index in [1.165, 1.54) is 6.26 Å². The van der Waals surface area contributed by atoms with Crippen LogP contribution in [-0.4, -0.2) is 44.7 Å². The molecule has 0 atom stereocenters. The molecule has 3 rings (SSSR count). The first-order chi connectivity index (χ1) is 12.7. The van der Waals surface area contributed by atoms with Gasteiger partial charge in [-0.05, 0) is 36.8 Å². The fraction of sp³-hybridized carbons (Fsp3) is 0.368. The molecule has 2 heterocycles. The van der Waals surface area contributed by atoms with Crippen LogP contribution in [0.15, 0.2) is 47.1 Å². The summed E-state index contributed by atoms with van der Waals surface area (Å²) in [5, 5.41) is 5.63. The second kappa shape index (κ2) is 9.05. The van der Waals surface area contributed by atoms with Crippen LogP contribution in [0.2, 0.25) is 0 Å². The van der Waals surface area contributed by atoms with Gasteiger partial charge in [-0.1, -0.05) is 6.07 Å². The first-order valence-electron chi connectivity index (χ1n) is 8.77. The van der Waals surface area contributed by atoms with E-state index in [0.29, 0.717) is 19.4 Å². The van der Waals surface area contributed by atoms with E-state index in [2.05, 4.69) is 15.5 Å². The van der Waals surface area contributed by atoms with Crippen molar-refractivity contribution in [2.75, 3.05) is 43.1 Å². The van der Waals surface area contributed by atoms with Gasteiger partial charge in [0.1, 0.15) is 0 Å². The molecule has 0 aliphatic carbocycles. The molecule has 2 N–H and O–H groups in total. The van der Waals surface area contributed by atoms with Gasteiger partial charge >= 0.3 is 0 Å². The van der Waals surface area contributed by atoms with Crippen molar-refractivity contribution in [2.24, 2.45) is 0 Å². The highest BCUT2D eigenvalue weighted by Gasteiger charge is 2.12. The SMILES string of the molecule is O=C(CCCNC(=O)c1ccco1)Nc1cccc(N2CCOCC2)c1. The smallest absolute Gasteiger partial charge is 0.286 e. The molecule has 0 bridgehead atoms. The van der Waals surface area contributed by atoms with Crippen molar-refractivity contribution in [3.8, 4) is 0 Å². The molecule has 2 amide bonds. The van der Waals surface area contributed by atoms with Gasteiger partial charge in [-0.25, -0.2) is 0 Å². The van der Waals surface area contributed by atoms with E-state index in [9.17, 15) is 9.59 Å². The number of ether oxygens (including phenoxy) is 1. The van der Waals surface area contributed by atoms with Crippen molar-refractivity contribution >= 4 is 23.2 Å². The molecule has 7 heteroatoms. The van der Waals surface area contributed by atoms with E-state index in [1.54, 1.807) is 12.1 Å². The number of nitrogens with one attached hydrogen (secondary N) is 2. The monoisotopic (exact) mass is 357 g/mol. The Morgan fingerprint density at radius 1 is 1.12 bits per heavy atom. The van der Waals surface area contributed by atoms with Crippen LogP contribution < -0.4 is 15.5 Å². The summed E-state index contributed by atoms with van der Waals surface area (Å²) < 4.78 is 10.4. The summed E-state index contributed by atoms with van der Waals surface area (Å²) in [6.07, 6.45) is 2.34. The molecule has 1 aromatic heterocycles. The molecule has 0 radical (unpaired) electrons. The molecule has 1 aliphatic rings. The number of furan rings is 1. The third-order valence-corrected chi connectivity index (χ3v) is 4.12. The molecule has 1 aromatic carbocycles. The summed E-state index contributed by atoms with van der Waals surface area (Å²) in [5.41, 5.74) is 1.86. The van der Waals surface area contributed by atoms with E-state index in [0.717, 1.165) is 37.7 Å². The van der Waals surface area contributed by atoms with Gasteiger partial charge in [0.05, 0.1) is 19.5 Å². The summed E-state index contributed by atoms with van der Waals surface area (Å²) in [5.74, 6) is -0.0700. The van der Waals surface area contributed by atoms with E-state index in [-0.39, 0.29) is 17.6 Å². The second-order valence-corrected chi connectivity index (χ2v) is 6.03. The number of nitrogens with zero attached hydrogens (tertiary/aromatic N) is 1. The van der Waals surface area contributed by atoms with Crippen LogP contribution >= 0.6 is 0 Å². The average Bonchev–Trinajstić information content (AvgIpc) is 3.21. The maximum atomic E-state index is 12.1. The topological polar surface area (TPSA) is 83.8 Å². The molecule has 2 aromatic rings. The van der Waals surface area contributed by atoms with Crippen molar-refractivity contribution in [2.45, 2.75) is 12.8 Å². The van der Waals surface area contributed by atoms with Crippen LogP contribution in [0.1, 0.15) is 23.4 Å². The molecule has 1 fully saturated rings. The number of anilines is 2. The number of rotatable bonds is 7. The van der Waals surface area contributed by atoms with Gasteiger partial charge in [0.2, 0.25) is 5.91 Å². The van der Waals surface area contributed by atoms with E-state index in [1.807, 2.05) is 24.3 Å². The van der Waals surface area contributed by atoms with Gasteiger partial charge < -0.3 is 24.7 Å². The van der Waals surface area contributed by atoms with Crippen LogP contribution in [0.3, 0.4) is 0 Å². The van der Waals surface area contributed by atoms with Gasteiger partial charge in [-0.2, -0.15) is 0 Å². The summed E-state index contributed by atoms with van der Waals surface area (Å²) in [7, 11) is 0. The normalized spacial score (nSPS) is 14.1. The lowest BCUT2D eigenvalue weighted by Crippen LogP contribution is -2.36. The van der Waals surface area contributed by atoms with E-state index in [4.69, 9.17) is 9.15 Å². The fourth-order valence-corrected chi connectivity index (χ4v) is 2.77. The molecule has 1 saturated heterocycles. The number of carbonyl (C=O) groups is 2. The molecule has 7 nitrogen and oxygen atoms in total. The van der Waals surface area contributed by atoms with Gasteiger partial charge in [0.15, 0.2) is 5.76 Å². The average molecular weight is 357 g/mol. The Balaban J connectivity index is 1.41. The zero-order valence-corrected chi connectivity index (χ0v) is 14.6. The highest BCUT2D eigenvalue weighted by molar-refractivity contribution is 5.92. The van der Waals surface area contributed by atoms with Gasteiger partial charge in [-0.15, -0.1) is 0 Å². The highest BCUT2D eigenvalue weighted by Crippen LogP contribution is 2.20. The molecule has 1 aliphatic heterocycles. The van der Waals surface area contributed by atoms with Crippen molar-refractivity contribution in [3.63, 3.8) is 0 Å². The van der Waals surface area contributed by atoms with Crippen molar-refractivity contribution in [1.29, 1.82) is 0 Å². The quantitative estimate of drug-likeness (QED) is 0.743. The minimum absolute atomic E-state index is 0.0728. The summed E-state index contributed by atoms with van der Waals surface area (Å²) in [4.78, 5) is 26.0. The summed E-state index contributed by atoms with van der Waals surface area (Å²) in [6, 6.07) is 11.1. The van der Waals surface area contributed by atoms with Gasteiger partial charge in [0.25, 0.3) is 5.91 Å². The first-order valence-corrected chi connectivity index (χ1v) is 8.77. The van der Waals surface area contributed by atoms with Crippen molar-refractivity contribution in [1.82, 2.24) is 5.32 Å². The fourth-order valence-electron chi connectivity index (χ4n) is 2.77. The third-order valence-electron chi connectivity index (χ3n) is 4.12. The maximum Gasteiger partial charge on any atom is 0.286 e. The Morgan fingerprint density at radius 3 is 2.73 bits per heavy atom. The number of amides is 2. The third kappa shape index (κ3) is 5.10. The number of carbonyl (C=O) groups excluding carboxylic acids is 2. The van der Waals surface area contributed by atoms with Crippen molar-refractivity contribution in [3.05, 3.63) is 48.4 Å². The predicted molar refractivity (Wildman–Crippen MR) is 98.4 cm³/mol. The van der Waals surface area contributed by atoms with Crippen LogP contribution in [0.4, 0.5) is 11.4 Å². The first kappa shape index (κ1) is 18.0. The van der Waals surface area contributed by atoms with Crippen LogP contribution in [0, 0.1) is 0 Å². The molecule has 0 saturated carbocycles. The Labute approximate surface area is 152 Å². The van der Waals surface area contributed by atoms with Crippen LogP contribution in [0.5, 0.6) is 0 Å². The lowest BCUT2D eigenvalue weighted by atomic mass is 10.2. The number of hydrogen-bond acceptors (Lipinski definition) is 5. The summed E-state index contributed by atoms with van der Waals surface area (Å²) >= 11 is 0. The lowest BCUT2D eigenvalue weighted by molar-refractivity contribution is -0.116. The summed E-state index contributed by atoms with van der Waals surface area (Å²) in [6.45, 7) is 3.57. The minimum atomic E-state index is -0.270. The lowest BCUT2D eigenvalue weighted by Gasteiger charge is -2.29. The molecule has 26 heavy (non-hydrogen) atoms. The van der Waals surface area contributed by atoms with E-state index < -0.39 is 0 Å². The van der Waals surface area contributed by atoms with Crippen molar-refractivity contribution < 1.29 is 18.7 Å². The Kier molecular flexibility index (Phi) is 6.27. The number of benzene rings is 1. The molecular weight excluding hydrogens is 334 g/mol. The maximum absolute atomic E-state index is 12.1. The largest absolute Gasteiger partial charge is 0.459 e. The second-order valence-electron chi connectivity index (χ2n) is 6.03. The molecule has 0 unspecified atom stereocenters. The minimum Gasteiger partial charge on any atom is -0.459 e. The van der Waals surface area contributed by atoms with Crippen LogP contribution in [-0.2, 0) is 9.53 Å². The molecule has 138 valence electrons.